The maximum atomic E-state index is 9.10. The molecule has 2 rings (SSSR count). The van der Waals surface area contributed by atoms with Gasteiger partial charge in [-0.2, -0.15) is 10.5 Å². The van der Waals surface area contributed by atoms with E-state index >= 15 is 0 Å². The van der Waals surface area contributed by atoms with Crippen LogP contribution in [0.4, 0.5) is 10.7 Å². The maximum absolute atomic E-state index is 9.10. The first-order valence-corrected chi connectivity index (χ1v) is 7.34. The van der Waals surface area contributed by atoms with Gasteiger partial charge in [0, 0.05) is 39.3 Å². The Morgan fingerprint density at radius 1 is 1.25 bits per heavy atom. The van der Waals surface area contributed by atoms with Crippen LogP contribution in [0.15, 0.2) is 0 Å². The summed E-state index contributed by atoms with van der Waals surface area (Å²) in [7, 11) is 2.13. The molecule has 1 aromatic rings. The van der Waals surface area contributed by atoms with Gasteiger partial charge >= 0.3 is 0 Å². The van der Waals surface area contributed by atoms with Gasteiger partial charge in [-0.3, -0.25) is 4.90 Å². The number of nitrogens with one attached hydrogen (secondary N) is 1. The van der Waals surface area contributed by atoms with Crippen LogP contribution in [0, 0.1) is 22.7 Å². The smallest absolute Gasteiger partial charge is 0.131 e. The lowest BCUT2D eigenvalue weighted by atomic mass is 10.2. The second-order valence-electron chi connectivity index (χ2n) is 4.84. The zero-order chi connectivity index (χ0) is 14.5. The Morgan fingerprint density at radius 3 is 2.55 bits per heavy atom. The molecule has 1 aromatic heterocycles. The molecule has 0 aromatic carbocycles. The molecule has 3 N–H and O–H groups in total. The van der Waals surface area contributed by atoms with Crippen molar-refractivity contribution in [1.29, 1.82) is 10.5 Å². The van der Waals surface area contributed by atoms with Crippen LogP contribution in [0.5, 0.6) is 0 Å². The lowest BCUT2D eigenvalue weighted by Crippen LogP contribution is -2.45. The Balaban J connectivity index is 1.89. The zero-order valence-electron chi connectivity index (χ0n) is 11.5. The minimum atomic E-state index is 0.294. The summed E-state index contributed by atoms with van der Waals surface area (Å²) in [6, 6.07) is 4.09. The molecule has 0 bridgehead atoms. The van der Waals surface area contributed by atoms with E-state index in [1.807, 2.05) is 6.07 Å². The normalized spacial score (nSPS) is 16.6. The molecule has 0 amide bonds. The summed E-state index contributed by atoms with van der Waals surface area (Å²) in [4.78, 5) is 5.11. The largest absolute Gasteiger partial charge is 0.396 e. The Morgan fingerprint density at radius 2 is 1.95 bits per heavy atom. The van der Waals surface area contributed by atoms with Gasteiger partial charge in [0.25, 0.3) is 0 Å². The van der Waals surface area contributed by atoms with Gasteiger partial charge in [0.15, 0.2) is 0 Å². The predicted octanol–water partition coefficient (Wildman–Crippen LogP) is 0.733. The first-order chi connectivity index (χ1) is 9.65. The molecule has 1 fully saturated rings. The van der Waals surface area contributed by atoms with E-state index in [-0.39, 0.29) is 0 Å². The number of nitrogen functional groups attached to an aromatic ring is 1. The molecule has 7 heteroatoms. The lowest BCUT2D eigenvalue weighted by molar-refractivity contribution is 0.158. The zero-order valence-corrected chi connectivity index (χ0v) is 12.3. The first-order valence-electron chi connectivity index (χ1n) is 6.53. The quantitative estimate of drug-likeness (QED) is 0.849. The fraction of sp³-hybridized carbons (Fsp3) is 0.538. The number of anilines is 2. The van der Waals surface area contributed by atoms with Crippen molar-refractivity contribution in [3.8, 4) is 12.1 Å². The predicted molar refractivity (Wildman–Crippen MR) is 80.6 cm³/mol. The fourth-order valence-electron chi connectivity index (χ4n) is 2.16. The highest BCUT2D eigenvalue weighted by molar-refractivity contribution is 7.17. The summed E-state index contributed by atoms with van der Waals surface area (Å²) in [6.07, 6.45) is 0. The van der Waals surface area contributed by atoms with Gasteiger partial charge in [-0.1, -0.05) is 0 Å². The van der Waals surface area contributed by atoms with E-state index < -0.39 is 0 Å². The van der Waals surface area contributed by atoms with Crippen molar-refractivity contribution in [3.05, 3.63) is 10.4 Å². The van der Waals surface area contributed by atoms with Crippen LogP contribution in [0.3, 0.4) is 0 Å². The molecule has 20 heavy (non-hydrogen) atoms. The van der Waals surface area contributed by atoms with Crippen molar-refractivity contribution in [2.75, 3.05) is 57.4 Å². The molecule has 2 heterocycles. The van der Waals surface area contributed by atoms with E-state index in [0.717, 1.165) is 39.3 Å². The summed E-state index contributed by atoms with van der Waals surface area (Å²) in [5, 5.41) is 22.0. The maximum Gasteiger partial charge on any atom is 0.131 e. The highest BCUT2D eigenvalue weighted by Gasteiger charge is 2.16. The number of thiophene rings is 1. The summed E-state index contributed by atoms with van der Waals surface area (Å²) in [5.74, 6) is 0. The Hall–Kier alpha value is -1.80. The molecule has 1 saturated heterocycles. The lowest BCUT2D eigenvalue weighted by Gasteiger charge is -2.32. The van der Waals surface area contributed by atoms with E-state index in [2.05, 4.69) is 28.2 Å². The monoisotopic (exact) mass is 290 g/mol. The van der Waals surface area contributed by atoms with Crippen LogP contribution >= 0.6 is 11.3 Å². The van der Waals surface area contributed by atoms with Crippen LogP contribution in [0.25, 0.3) is 0 Å². The summed E-state index contributed by atoms with van der Waals surface area (Å²) >= 11 is 1.25. The average molecular weight is 290 g/mol. The van der Waals surface area contributed by atoms with Crippen LogP contribution in [0.2, 0.25) is 0 Å². The number of piperazine rings is 1. The summed E-state index contributed by atoms with van der Waals surface area (Å²) in [6.45, 7) is 6.00. The molecule has 6 nitrogen and oxygen atoms in total. The van der Waals surface area contributed by atoms with Crippen molar-refractivity contribution < 1.29 is 0 Å². The molecular weight excluding hydrogens is 272 g/mol. The standard InChI is InChI=1S/C13H18N6S/c1-18-4-6-19(7-5-18)3-2-17-13-10(8-14)12(16)11(9-15)20-13/h17H,2-7,16H2,1H3. The molecule has 0 saturated carbocycles. The van der Waals surface area contributed by atoms with Crippen molar-refractivity contribution in [3.63, 3.8) is 0 Å². The molecule has 1 aliphatic rings. The second kappa shape index (κ2) is 6.58. The molecule has 0 atom stereocenters. The number of hydrogen-bond acceptors (Lipinski definition) is 7. The number of hydrogen-bond donors (Lipinski definition) is 2. The number of nitrogens with zero attached hydrogens (tertiary/aromatic N) is 4. The SMILES string of the molecule is CN1CCN(CCNc2sc(C#N)c(N)c2C#N)CC1. The minimum Gasteiger partial charge on any atom is -0.396 e. The van der Waals surface area contributed by atoms with E-state index in [4.69, 9.17) is 16.3 Å². The second-order valence-corrected chi connectivity index (χ2v) is 5.86. The van der Waals surface area contributed by atoms with Crippen molar-refractivity contribution in [1.82, 2.24) is 9.80 Å². The third-order valence-electron chi connectivity index (χ3n) is 3.47. The van der Waals surface area contributed by atoms with Crippen LogP contribution in [-0.2, 0) is 0 Å². The molecule has 0 aliphatic carbocycles. The molecule has 0 spiro atoms. The van der Waals surface area contributed by atoms with Gasteiger partial charge in [0.05, 0.1) is 5.69 Å². The van der Waals surface area contributed by atoms with Gasteiger partial charge in [0.2, 0.25) is 0 Å². The number of likely N-dealkylation sites (N-methyl/N-ethyl adjacent to an activating group) is 1. The van der Waals surface area contributed by atoms with Crippen LogP contribution in [-0.4, -0.2) is 56.1 Å². The van der Waals surface area contributed by atoms with E-state index in [0.29, 0.717) is 21.1 Å². The first kappa shape index (κ1) is 14.6. The Labute approximate surface area is 123 Å². The molecule has 0 radical (unpaired) electrons. The van der Waals surface area contributed by atoms with Crippen molar-refractivity contribution >= 4 is 22.0 Å². The van der Waals surface area contributed by atoms with Crippen molar-refractivity contribution in [2.24, 2.45) is 0 Å². The van der Waals surface area contributed by atoms with Crippen LogP contribution < -0.4 is 11.1 Å². The molecular formula is C13H18N6S. The van der Waals surface area contributed by atoms with Gasteiger partial charge < -0.3 is 16.0 Å². The molecule has 1 aliphatic heterocycles. The van der Waals surface area contributed by atoms with Gasteiger partial charge in [-0.15, -0.1) is 11.3 Å². The highest BCUT2D eigenvalue weighted by atomic mass is 32.1. The number of nitrogens with two attached hydrogens (primary N) is 1. The van der Waals surface area contributed by atoms with Crippen molar-refractivity contribution in [2.45, 2.75) is 0 Å². The highest BCUT2D eigenvalue weighted by Crippen LogP contribution is 2.34. The fourth-order valence-corrected chi connectivity index (χ4v) is 3.06. The Kier molecular flexibility index (Phi) is 4.80. The Bertz CT molecular complexity index is 544. The van der Waals surface area contributed by atoms with Gasteiger partial charge in [-0.05, 0) is 7.05 Å². The average Bonchev–Trinajstić information content (AvgIpc) is 2.76. The summed E-state index contributed by atoms with van der Waals surface area (Å²) < 4.78 is 0. The summed E-state index contributed by atoms with van der Waals surface area (Å²) in [5.41, 5.74) is 6.45. The van der Waals surface area contributed by atoms with E-state index in [1.54, 1.807) is 0 Å². The van der Waals surface area contributed by atoms with E-state index in [9.17, 15) is 0 Å². The number of rotatable bonds is 4. The van der Waals surface area contributed by atoms with Crippen LogP contribution in [0.1, 0.15) is 10.4 Å². The third kappa shape index (κ3) is 3.20. The van der Waals surface area contributed by atoms with Gasteiger partial charge in [-0.25, -0.2) is 0 Å². The minimum absolute atomic E-state index is 0.294. The molecule has 0 unspecified atom stereocenters. The van der Waals surface area contributed by atoms with Gasteiger partial charge in [0.1, 0.15) is 27.6 Å². The topological polar surface area (TPSA) is 92.1 Å². The third-order valence-corrected chi connectivity index (χ3v) is 4.54. The number of nitriles is 2. The van der Waals surface area contributed by atoms with E-state index in [1.165, 1.54) is 11.3 Å². The molecule has 106 valence electrons.